The number of nitriles is 1. The number of hydrogen-bond donors (Lipinski definition) is 0. The molecule has 0 fully saturated rings. The summed E-state index contributed by atoms with van der Waals surface area (Å²) in [5.74, 6) is 0.458. The molecule has 0 N–H and O–H groups in total. The van der Waals surface area contributed by atoms with E-state index in [1.807, 2.05) is 24.3 Å². The number of benzene rings is 1. The van der Waals surface area contributed by atoms with Gasteiger partial charge in [-0.2, -0.15) is 10.4 Å². The summed E-state index contributed by atoms with van der Waals surface area (Å²) in [6.07, 6.45) is 0. The topological polar surface area (TPSA) is 41.6 Å². The van der Waals surface area contributed by atoms with E-state index in [2.05, 4.69) is 43.5 Å². The summed E-state index contributed by atoms with van der Waals surface area (Å²) in [6, 6.07) is 9.84. The second kappa shape index (κ2) is 5.27. The molecule has 2 rings (SSSR count). The van der Waals surface area contributed by atoms with Gasteiger partial charge in [0.2, 0.25) is 0 Å². The smallest absolute Gasteiger partial charge is 0.0991 e. The Labute approximate surface area is 114 Å². The third-order valence-electron chi connectivity index (χ3n) is 3.44. The van der Waals surface area contributed by atoms with Gasteiger partial charge in [0.25, 0.3) is 0 Å². The average Bonchev–Trinajstić information content (AvgIpc) is 2.65. The molecule has 0 radical (unpaired) electrons. The van der Waals surface area contributed by atoms with Gasteiger partial charge >= 0.3 is 0 Å². The number of hydrogen-bond acceptors (Lipinski definition) is 2. The Morgan fingerprint density at radius 1 is 1.21 bits per heavy atom. The van der Waals surface area contributed by atoms with Crippen molar-refractivity contribution in [2.24, 2.45) is 0 Å². The maximum absolute atomic E-state index is 8.81. The van der Waals surface area contributed by atoms with Crippen LogP contribution in [0.15, 0.2) is 24.3 Å². The van der Waals surface area contributed by atoms with E-state index in [-0.39, 0.29) is 0 Å². The summed E-state index contributed by atoms with van der Waals surface area (Å²) in [5, 5.41) is 13.4. The van der Waals surface area contributed by atoms with Crippen molar-refractivity contribution in [2.75, 3.05) is 0 Å². The molecule has 1 aromatic heterocycles. The summed E-state index contributed by atoms with van der Waals surface area (Å²) >= 11 is 0. The maximum Gasteiger partial charge on any atom is 0.0991 e. The third kappa shape index (κ3) is 2.68. The average molecular weight is 253 g/mol. The summed E-state index contributed by atoms with van der Waals surface area (Å²) in [7, 11) is 0. The van der Waals surface area contributed by atoms with E-state index in [1.54, 1.807) is 0 Å². The highest BCUT2D eigenvalue weighted by Gasteiger charge is 2.14. The number of rotatable bonds is 3. The Bertz CT molecular complexity index is 613. The van der Waals surface area contributed by atoms with E-state index in [0.29, 0.717) is 11.5 Å². The summed E-state index contributed by atoms with van der Waals surface area (Å²) < 4.78 is 2.08. The van der Waals surface area contributed by atoms with E-state index in [9.17, 15) is 0 Å². The predicted molar refractivity (Wildman–Crippen MR) is 76.0 cm³/mol. The van der Waals surface area contributed by atoms with Crippen LogP contribution in [0, 0.1) is 25.2 Å². The van der Waals surface area contributed by atoms with Crippen LogP contribution < -0.4 is 0 Å². The Hall–Kier alpha value is -2.08. The van der Waals surface area contributed by atoms with Gasteiger partial charge in [0, 0.05) is 5.69 Å². The molecule has 3 nitrogen and oxygen atoms in total. The van der Waals surface area contributed by atoms with Crippen LogP contribution in [0.1, 0.15) is 47.8 Å². The molecule has 0 aliphatic heterocycles. The highest BCUT2D eigenvalue weighted by Crippen LogP contribution is 2.22. The van der Waals surface area contributed by atoms with Crippen molar-refractivity contribution < 1.29 is 0 Å². The van der Waals surface area contributed by atoms with Crippen LogP contribution >= 0.6 is 0 Å². The molecular formula is C16H19N3. The van der Waals surface area contributed by atoms with Crippen molar-refractivity contribution in [1.29, 1.82) is 5.26 Å². The molecule has 0 unspecified atom stereocenters. The van der Waals surface area contributed by atoms with Gasteiger partial charge in [0.15, 0.2) is 0 Å². The Kier molecular flexibility index (Phi) is 3.71. The van der Waals surface area contributed by atoms with Crippen molar-refractivity contribution in [2.45, 2.75) is 40.2 Å². The van der Waals surface area contributed by atoms with Crippen LogP contribution in [0.3, 0.4) is 0 Å². The highest BCUT2D eigenvalue weighted by atomic mass is 15.3. The zero-order valence-corrected chi connectivity index (χ0v) is 11.9. The number of aromatic nitrogens is 2. The third-order valence-corrected chi connectivity index (χ3v) is 3.44. The molecule has 0 bridgehead atoms. The standard InChI is InChI=1S/C16H19N3/c1-11(2)16-12(3)13(4)18-19(16)10-15-7-5-14(9-17)6-8-15/h5-8,11H,10H2,1-4H3. The normalized spacial score (nSPS) is 10.7. The molecule has 98 valence electrons. The van der Waals surface area contributed by atoms with Crippen LogP contribution in [0.25, 0.3) is 0 Å². The molecule has 19 heavy (non-hydrogen) atoms. The van der Waals surface area contributed by atoms with Crippen molar-refractivity contribution in [3.05, 3.63) is 52.3 Å². The lowest BCUT2D eigenvalue weighted by Gasteiger charge is -2.11. The van der Waals surface area contributed by atoms with Crippen molar-refractivity contribution >= 4 is 0 Å². The summed E-state index contributed by atoms with van der Waals surface area (Å²) in [4.78, 5) is 0. The molecule has 3 heteroatoms. The minimum absolute atomic E-state index is 0.458. The van der Waals surface area contributed by atoms with Gasteiger partial charge in [-0.15, -0.1) is 0 Å². The quantitative estimate of drug-likeness (QED) is 0.839. The Balaban J connectivity index is 2.33. The van der Waals surface area contributed by atoms with E-state index in [4.69, 9.17) is 5.26 Å². The van der Waals surface area contributed by atoms with Crippen molar-refractivity contribution in [3.8, 4) is 6.07 Å². The summed E-state index contributed by atoms with van der Waals surface area (Å²) in [5.41, 5.74) is 5.53. The molecule has 1 heterocycles. The first kappa shape index (κ1) is 13.4. The van der Waals surface area contributed by atoms with Gasteiger partial charge in [-0.1, -0.05) is 26.0 Å². The van der Waals surface area contributed by atoms with Crippen molar-refractivity contribution in [1.82, 2.24) is 9.78 Å². The van der Waals surface area contributed by atoms with Gasteiger partial charge in [-0.05, 0) is 43.0 Å². The maximum atomic E-state index is 8.81. The highest BCUT2D eigenvalue weighted by molar-refractivity contribution is 5.32. The molecular weight excluding hydrogens is 234 g/mol. The monoisotopic (exact) mass is 253 g/mol. The van der Waals surface area contributed by atoms with Gasteiger partial charge in [-0.25, -0.2) is 0 Å². The lowest BCUT2D eigenvalue weighted by Crippen LogP contribution is -2.08. The minimum Gasteiger partial charge on any atom is -0.264 e. The lowest BCUT2D eigenvalue weighted by atomic mass is 10.0. The second-order valence-electron chi connectivity index (χ2n) is 5.22. The van der Waals surface area contributed by atoms with Gasteiger partial charge < -0.3 is 0 Å². The van der Waals surface area contributed by atoms with Gasteiger partial charge in [0.1, 0.15) is 0 Å². The fourth-order valence-electron chi connectivity index (χ4n) is 2.40. The van der Waals surface area contributed by atoms with Crippen molar-refractivity contribution in [3.63, 3.8) is 0 Å². The molecule has 0 aliphatic rings. The van der Waals surface area contributed by atoms with E-state index in [1.165, 1.54) is 16.8 Å². The second-order valence-corrected chi connectivity index (χ2v) is 5.22. The largest absolute Gasteiger partial charge is 0.264 e. The van der Waals surface area contributed by atoms with Crippen LogP contribution in [-0.4, -0.2) is 9.78 Å². The Morgan fingerprint density at radius 3 is 2.37 bits per heavy atom. The van der Waals surface area contributed by atoms with Gasteiger partial charge in [0.05, 0.1) is 23.9 Å². The molecule has 0 saturated carbocycles. The fourth-order valence-corrected chi connectivity index (χ4v) is 2.40. The minimum atomic E-state index is 0.458. The van der Waals surface area contributed by atoms with Crippen LogP contribution in [0.2, 0.25) is 0 Å². The molecule has 0 spiro atoms. The lowest BCUT2D eigenvalue weighted by molar-refractivity contribution is 0.612. The van der Waals surface area contributed by atoms with E-state index in [0.717, 1.165) is 12.2 Å². The van der Waals surface area contributed by atoms with E-state index >= 15 is 0 Å². The van der Waals surface area contributed by atoms with Crippen LogP contribution in [-0.2, 0) is 6.54 Å². The first-order valence-corrected chi connectivity index (χ1v) is 6.56. The molecule has 0 aliphatic carbocycles. The molecule has 2 aromatic rings. The van der Waals surface area contributed by atoms with E-state index < -0.39 is 0 Å². The SMILES string of the molecule is Cc1nn(Cc2ccc(C#N)cc2)c(C(C)C)c1C. The van der Waals surface area contributed by atoms with Crippen LogP contribution in [0.5, 0.6) is 0 Å². The number of aryl methyl sites for hydroxylation is 1. The predicted octanol–water partition coefficient (Wildman–Crippen LogP) is 3.54. The molecule has 0 atom stereocenters. The Morgan fingerprint density at radius 2 is 1.84 bits per heavy atom. The fraction of sp³-hybridized carbons (Fsp3) is 0.375. The molecule has 0 saturated heterocycles. The molecule has 1 aromatic carbocycles. The first-order chi connectivity index (χ1) is 9.02. The van der Waals surface area contributed by atoms with Crippen LogP contribution in [0.4, 0.5) is 0 Å². The zero-order valence-electron chi connectivity index (χ0n) is 11.9. The molecule has 0 amide bonds. The first-order valence-electron chi connectivity index (χ1n) is 6.56. The zero-order chi connectivity index (χ0) is 14.0. The number of nitrogens with zero attached hydrogens (tertiary/aromatic N) is 3. The summed E-state index contributed by atoms with van der Waals surface area (Å²) in [6.45, 7) is 9.33. The van der Waals surface area contributed by atoms with Gasteiger partial charge in [-0.3, -0.25) is 4.68 Å².